The van der Waals surface area contributed by atoms with Crippen molar-refractivity contribution in [2.75, 3.05) is 38.8 Å². The van der Waals surface area contributed by atoms with E-state index in [0.717, 1.165) is 24.3 Å². The van der Waals surface area contributed by atoms with Crippen LogP contribution in [-0.4, -0.2) is 65.4 Å². The van der Waals surface area contributed by atoms with Crippen LogP contribution in [0.3, 0.4) is 0 Å². The van der Waals surface area contributed by atoms with Crippen molar-refractivity contribution in [3.63, 3.8) is 0 Å². The van der Waals surface area contributed by atoms with E-state index in [9.17, 15) is 14.7 Å². The van der Waals surface area contributed by atoms with E-state index < -0.39 is 6.10 Å². The van der Waals surface area contributed by atoms with E-state index in [1.54, 1.807) is 43.9 Å². The summed E-state index contributed by atoms with van der Waals surface area (Å²) in [4.78, 5) is 35.5. The number of anilines is 1. The minimum absolute atomic E-state index is 0.0187. The number of hydrogen-bond acceptors (Lipinski definition) is 8. The van der Waals surface area contributed by atoms with E-state index in [4.69, 9.17) is 9.47 Å². The van der Waals surface area contributed by atoms with Gasteiger partial charge in [0.25, 0.3) is 5.91 Å². The van der Waals surface area contributed by atoms with Gasteiger partial charge in [0, 0.05) is 32.6 Å². The van der Waals surface area contributed by atoms with Gasteiger partial charge in [-0.2, -0.15) is 0 Å². The number of ether oxygens (including phenoxy) is 2. The maximum atomic E-state index is 12.9. The summed E-state index contributed by atoms with van der Waals surface area (Å²) < 4.78 is 12.2. The minimum atomic E-state index is -0.967. The van der Waals surface area contributed by atoms with E-state index in [0.29, 0.717) is 27.9 Å². The molecule has 10 nitrogen and oxygen atoms in total. The largest absolute Gasteiger partial charge is 0.497 e. The van der Waals surface area contributed by atoms with Gasteiger partial charge in [0.2, 0.25) is 5.91 Å². The van der Waals surface area contributed by atoms with Gasteiger partial charge < -0.3 is 24.5 Å². The Morgan fingerprint density at radius 2 is 2.18 bits per heavy atom. The number of hydrogen-bond donors (Lipinski definition) is 2. The van der Waals surface area contributed by atoms with Crippen LogP contribution in [-0.2, 0) is 16.1 Å². The molecule has 0 saturated carbocycles. The van der Waals surface area contributed by atoms with Crippen molar-refractivity contribution in [2.24, 2.45) is 0 Å². The fourth-order valence-electron chi connectivity index (χ4n) is 3.20. The molecule has 2 aromatic heterocycles. The second-order valence-electron chi connectivity index (χ2n) is 7.46. The third-order valence-electron chi connectivity index (χ3n) is 5.04. The maximum absolute atomic E-state index is 12.9. The molecule has 11 heteroatoms. The molecule has 1 unspecified atom stereocenters. The molecule has 0 aliphatic heterocycles. The molecule has 0 saturated heterocycles. The topological polar surface area (TPSA) is 119 Å². The van der Waals surface area contributed by atoms with E-state index in [-0.39, 0.29) is 31.4 Å². The van der Waals surface area contributed by atoms with Gasteiger partial charge in [0.05, 0.1) is 45.3 Å². The number of aryl methyl sites for hydroxylation is 1. The van der Waals surface area contributed by atoms with Crippen molar-refractivity contribution < 1.29 is 24.2 Å². The van der Waals surface area contributed by atoms with Gasteiger partial charge in [-0.1, -0.05) is 23.5 Å². The normalized spacial score (nSPS) is 11.7. The second-order valence-corrected chi connectivity index (χ2v) is 8.47. The number of aliphatic hydroxyl groups is 1. The van der Waals surface area contributed by atoms with Gasteiger partial charge in [0.15, 0.2) is 5.13 Å². The molecule has 2 N–H and O–H groups in total. The summed E-state index contributed by atoms with van der Waals surface area (Å²) in [5.74, 6) is 0.0903. The summed E-state index contributed by atoms with van der Waals surface area (Å²) in [6.07, 6.45) is 6.66. The minimum Gasteiger partial charge on any atom is -0.497 e. The first-order valence-electron chi connectivity index (χ1n) is 10.8. The Bertz CT molecular complexity index is 1060. The van der Waals surface area contributed by atoms with Gasteiger partial charge >= 0.3 is 0 Å². The summed E-state index contributed by atoms with van der Waals surface area (Å²) in [6.45, 7) is 1.46. The van der Waals surface area contributed by atoms with Crippen molar-refractivity contribution in [1.82, 2.24) is 19.9 Å². The highest BCUT2D eigenvalue weighted by Gasteiger charge is 2.24. The molecule has 0 spiro atoms. The fraction of sp³-hybridized carbons (Fsp3) is 0.391. The number of nitrogens with zero attached hydrogens (tertiary/aromatic N) is 4. The van der Waals surface area contributed by atoms with Gasteiger partial charge in [-0.15, -0.1) is 0 Å². The predicted octanol–water partition coefficient (Wildman–Crippen LogP) is 2.27. The number of rotatable bonds is 13. The Balaban J connectivity index is 1.65. The second kappa shape index (κ2) is 12.8. The molecular formula is C23H29N5O5S. The summed E-state index contributed by atoms with van der Waals surface area (Å²) >= 11 is 1.10. The molecule has 34 heavy (non-hydrogen) atoms. The van der Waals surface area contributed by atoms with Gasteiger partial charge in [-0.3, -0.25) is 14.5 Å². The third-order valence-corrected chi connectivity index (χ3v) is 6.06. The van der Waals surface area contributed by atoms with Crippen molar-refractivity contribution in [2.45, 2.75) is 25.5 Å². The quantitative estimate of drug-likeness (QED) is 0.355. The predicted molar refractivity (Wildman–Crippen MR) is 128 cm³/mol. The average molecular weight is 488 g/mol. The number of nitrogens with one attached hydrogen (secondary N) is 1. The summed E-state index contributed by atoms with van der Waals surface area (Å²) in [7, 11) is 3.06. The van der Waals surface area contributed by atoms with E-state index in [1.165, 1.54) is 18.2 Å². The van der Waals surface area contributed by atoms with Crippen molar-refractivity contribution in [3.05, 3.63) is 59.6 Å². The molecular weight excluding hydrogens is 458 g/mol. The first-order valence-corrected chi connectivity index (χ1v) is 11.6. The molecule has 0 radical (unpaired) electrons. The van der Waals surface area contributed by atoms with E-state index in [1.807, 2.05) is 10.8 Å². The van der Waals surface area contributed by atoms with Crippen LogP contribution in [0.2, 0.25) is 0 Å². The third kappa shape index (κ3) is 7.11. The number of carbonyl (C=O) groups excluding carboxylic acids is 2. The highest BCUT2D eigenvalue weighted by atomic mass is 32.1. The summed E-state index contributed by atoms with van der Waals surface area (Å²) in [5.41, 5.74) is 0.608. The van der Waals surface area contributed by atoms with Crippen molar-refractivity contribution >= 4 is 28.3 Å². The Morgan fingerprint density at radius 1 is 1.32 bits per heavy atom. The summed E-state index contributed by atoms with van der Waals surface area (Å²) in [5, 5.41) is 14.0. The number of aromatic nitrogens is 3. The van der Waals surface area contributed by atoms with Crippen molar-refractivity contribution in [1.29, 1.82) is 0 Å². The van der Waals surface area contributed by atoms with Crippen LogP contribution in [0.25, 0.3) is 0 Å². The molecule has 0 bridgehead atoms. The van der Waals surface area contributed by atoms with Crippen LogP contribution in [0.5, 0.6) is 5.75 Å². The molecule has 2 heterocycles. The smallest absolute Gasteiger partial charge is 0.263 e. The number of carbonyl (C=O) groups is 2. The molecule has 0 fully saturated rings. The zero-order valence-electron chi connectivity index (χ0n) is 19.2. The molecule has 3 rings (SSSR count). The number of imidazole rings is 1. The molecule has 182 valence electrons. The lowest BCUT2D eigenvalue weighted by atomic mass is 10.1. The molecule has 3 aromatic rings. The number of methoxy groups -OCH3 is 2. The highest BCUT2D eigenvalue weighted by molar-refractivity contribution is 7.17. The van der Waals surface area contributed by atoms with Crippen LogP contribution in [0.15, 0.2) is 49.2 Å². The molecule has 0 aliphatic carbocycles. The zero-order valence-corrected chi connectivity index (χ0v) is 20.0. The standard InChI is InChI=1S/C23H29N5O5S/c1-32-12-7-21(30)28(15-19(29)17-5-3-6-18(13-17)33-2)23-26-14-20(34-23)22(31)25-8-4-10-27-11-9-24-16-27/h3,5-6,9,11,13-14,16,19,29H,4,7-8,10,12,15H2,1-2H3,(H,25,31). The van der Waals surface area contributed by atoms with Crippen molar-refractivity contribution in [3.8, 4) is 5.75 Å². The number of amides is 2. The van der Waals surface area contributed by atoms with Gasteiger partial charge in [0.1, 0.15) is 10.6 Å². The van der Waals surface area contributed by atoms with Gasteiger partial charge in [-0.05, 0) is 24.1 Å². The molecule has 1 atom stereocenters. The maximum Gasteiger partial charge on any atom is 0.263 e. The molecule has 1 aromatic carbocycles. The zero-order chi connectivity index (χ0) is 24.3. The number of thiazole rings is 1. The van der Waals surface area contributed by atoms with Crippen LogP contribution in [0.1, 0.15) is 34.2 Å². The number of benzene rings is 1. The molecule has 2 amide bonds. The Kier molecular flexibility index (Phi) is 9.56. The van der Waals surface area contributed by atoms with Crippen LogP contribution >= 0.6 is 11.3 Å². The lowest BCUT2D eigenvalue weighted by molar-refractivity contribution is -0.119. The first kappa shape index (κ1) is 25.3. The van der Waals surface area contributed by atoms with E-state index >= 15 is 0 Å². The fourth-order valence-corrected chi connectivity index (χ4v) is 4.06. The lowest BCUT2D eigenvalue weighted by Gasteiger charge is -2.23. The monoisotopic (exact) mass is 487 g/mol. The lowest BCUT2D eigenvalue weighted by Crippen LogP contribution is -2.35. The van der Waals surface area contributed by atoms with Crippen LogP contribution in [0, 0.1) is 0 Å². The SMILES string of the molecule is COCCC(=O)N(CC(O)c1cccc(OC)c1)c1ncc(C(=O)NCCCn2ccnc2)s1. The van der Waals surface area contributed by atoms with Crippen LogP contribution < -0.4 is 15.0 Å². The highest BCUT2D eigenvalue weighted by Crippen LogP contribution is 2.27. The average Bonchev–Trinajstić information content (AvgIpc) is 3.56. The Labute approximate surface area is 202 Å². The van der Waals surface area contributed by atoms with Crippen LogP contribution in [0.4, 0.5) is 5.13 Å². The van der Waals surface area contributed by atoms with E-state index in [2.05, 4.69) is 15.3 Å². The van der Waals surface area contributed by atoms with Gasteiger partial charge in [-0.25, -0.2) is 9.97 Å². The first-order chi connectivity index (χ1) is 16.5. The summed E-state index contributed by atoms with van der Waals surface area (Å²) in [6, 6.07) is 7.02. The Morgan fingerprint density at radius 3 is 2.91 bits per heavy atom. The number of aliphatic hydroxyl groups excluding tert-OH is 1. The Hall–Kier alpha value is -3.28. The molecule has 0 aliphatic rings.